The summed E-state index contributed by atoms with van der Waals surface area (Å²) in [6, 6.07) is 7.52. The summed E-state index contributed by atoms with van der Waals surface area (Å²) in [7, 11) is 1.37. The SMILES string of the molecule is COC(=O)c1ccn2c(-c3cccs3)ncc2c1. The van der Waals surface area contributed by atoms with Crippen LogP contribution in [0, 0.1) is 0 Å². The first-order valence-electron chi connectivity index (χ1n) is 5.39. The molecule has 0 aliphatic heterocycles. The summed E-state index contributed by atoms with van der Waals surface area (Å²) in [4.78, 5) is 16.9. The van der Waals surface area contributed by atoms with Crippen LogP contribution in [-0.2, 0) is 4.74 Å². The van der Waals surface area contributed by atoms with Crippen LogP contribution in [0.15, 0.2) is 42.0 Å². The van der Waals surface area contributed by atoms with Gasteiger partial charge in [-0.2, -0.15) is 0 Å². The Hall–Kier alpha value is -2.14. The fourth-order valence-electron chi connectivity index (χ4n) is 1.83. The molecule has 0 bridgehead atoms. The number of carbonyl (C=O) groups excluding carboxylic acids is 1. The Morgan fingerprint density at radius 1 is 1.44 bits per heavy atom. The van der Waals surface area contributed by atoms with E-state index in [1.807, 2.05) is 28.1 Å². The number of aromatic nitrogens is 2. The lowest BCUT2D eigenvalue weighted by Crippen LogP contribution is -2.01. The number of ether oxygens (including phenoxy) is 1. The molecule has 4 nitrogen and oxygen atoms in total. The highest BCUT2D eigenvalue weighted by Crippen LogP contribution is 2.24. The minimum atomic E-state index is -0.337. The standard InChI is InChI=1S/C13H10N2O2S/c1-17-13(16)9-4-5-15-10(7-9)8-14-12(15)11-3-2-6-18-11/h2-8H,1H3. The number of methoxy groups -OCH3 is 1. The molecule has 3 rings (SSSR count). The maximum Gasteiger partial charge on any atom is 0.337 e. The monoisotopic (exact) mass is 258 g/mol. The number of esters is 1. The molecule has 0 atom stereocenters. The molecule has 0 aliphatic carbocycles. The first-order chi connectivity index (χ1) is 8.79. The quantitative estimate of drug-likeness (QED) is 0.664. The molecule has 0 aromatic carbocycles. The summed E-state index contributed by atoms with van der Waals surface area (Å²) in [6.07, 6.45) is 3.59. The molecular formula is C13H10N2O2S. The van der Waals surface area contributed by atoms with E-state index in [4.69, 9.17) is 4.74 Å². The number of carbonyl (C=O) groups is 1. The van der Waals surface area contributed by atoms with Crippen LogP contribution in [0.25, 0.3) is 16.2 Å². The second kappa shape index (κ2) is 4.27. The van der Waals surface area contributed by atoms with Crippen LogP contribution in [0.5, 0.6) is 0 Å². The molecule has 0 aliphatic rings. The van der Waals surface area contributed by atoms with Crippen molar-refractivity contribution in [1.29, 1.82) is 0 Å². The van der Waals surface area contributed by atoms with Crippen LogP contribution in [-0.4, -0.2) is 22.5 Å². The predicted molar refractivity (Wildman–Crippen MR) is 69.8 cm³/mol. The molecule has 3 aromatic rings. The lowest BCUT2D eigenvalue weighted by molar-refractivity contribution is 0.0601. The molecular weight excluding hydrogens is 248 g/mol. The molecule has 0 saturated heterocycles. The number of thiophene rings is 1. The Labute approximate surface area is 107 Å². The Balaban J connectivity index is 2.14. The second-order valence-corrected chi connectivity index (χ2v) is 4.71. The third-order valence-corrected chi connectivity index (χ3v) is 3.56. The van der Waals surface area contributed by atoms with Gasteiger partial charge in [-0.25, -0.2) is 9.78 Å². The van der Waals surface area contributed by atoms with Crippen molar-refractivity contribution in [2.45, 2.75) is 0 Å². The third kappa shape index (κ3) is 1.69. The second-order valence-electron chi connectivity index (χ2n) is 3.76. The predicted octanol–water partition coefficient (Wildman–Crippen LogP) is 2.85. The van der Waals surface area contributed by atoms with Gasteiger partial charge in [-0.1, -0.05) is 6.07 Å². The minimum absolute atomic E-state index is 0.337. The highest BCUT2D eigenvalue weighted by Gasteiger charge is 2.10. The summed E-state index contributed by atoms with van der Waals surface area (Å²) >= 11 is 1.64. The number of pyridine rings is 1. The first kappa shape index (κ1) is 11.0. The number of fused-ring (bicyclic) bond motifs is 1. The highest BCUT2D eigenvalue weighted by atomic mass is 32.1. The van der Waals surface area contributed by atoms with E-state index in [0.29, 0.717) is 5.56 Å². The zero-order valence-electron chi connectivity index (χ0n) is 9.66. The summed E-state index contributed by atoms with van der Waals surface area (Å²) in [5.74, 6) is 0.549. The molecule has 5 heteroatoms. The lowest BCUT2D eigenvalue weighted by Gasteiger charge is -2.01. The van der Waals surface area contributed by atoms with E-state index in [1.165, 1.54) is 7.11 Å². The Kier molecular flexibility index (Phi) is 2.60. The maximum absolute atomic E-state index is 11.4. The van der Waals surface area contributed by atoms with Crippen molar-refractivity contribution in [1.82, 2.24) is 9.38 Å². The van der Waals surface area contributed by atoms with Gasteiger partial charge in [-0.15, -0.1) is 11.3 Å². The molecule has 3 aromatic heterocycles. The summed E-state index contributed by atoms with van der Waals surface area (Å²) < 4.78 is 6.65. The molecule has 0 fully saturated rings. The van der Waals surface area contributed by atoms with Crippen molar-refractivity contribution in [3.63, 3.8) is 0 Å². The van der Waals surface area contributed by atoms with Crippen molar-refractivity contribution in [2.24, 2.45) is 0 Å². The third-order valence-electron chi connectivity index (χ3n) is 2.69. The van der Waals surface area contributed by atoms with E-state index < -0.39 is 0 Å². The van der Waals surface area contributed by atoms with E-state index in [9.17, 15) is 4.79 Å². The van der Waals surface area contributed by atoms with Gasteiger partial charge in [0.15, 0.2) is 5.82 Å². The molecule has 0 radical (unpaired) electrons. The average Bonchev–Trinajstić information content (AvgIpc) is 3.05. The van der Waals surface area contributed by atoms with Gasteiger partial charge in [0.25, 0.3) is 0 Å². The van der Waals surface area contributed by atoms with E-state index in [1.54, 1.807) is 29.7 Å². The van der Waals surface area contributed by atoms with Gasteiger partial charge < -0.3 is 4.74 Å². The van der Waals surface area contributed by atoms with E-state index >= 15 is 0 Å². The fraction of sp³-hybridized carbons (Fsp3) is 0.0769. The topological polar surface area (TPSA) is 43.6 Å². The maximum atomic E-state index is 11.4. The minimum Gasteiger partial charge on any atom is -0.465 e. The Morgan fingerprint density at radius 2 is 2.33 bits per heavy atom. The van der Waals surface area contributed by atoms with Crippen LogP contribution in [0.1, 0.15) is 10.4 Å². The van der Waals surface area contributed by atoms with Crippen LogP contribution >= 0.6 is 11.3 Å². The van der Waals surface area contributed by atoms with Crippen LogP contribution < -0.4 is 0 Å². The van der Waals surface area contributed by atoms with Crippen molar-refractivity contribution in [3.8, 4) is 10.7 Å². The van der Waals surface area contributed by atoms with Gasteiger partial charge >= 0.3 is 5.97 Å². The number of hydrogen-bond acceptors (Lipinski definition) is 4. The van der Waals surface area contributed by atoms with E-state index in [0.717, 1.165) is 16.2 Å². The Morgan fingerprint density at radius 3 is 3.06 bits per heavy atom. The van der Waals surface area contributed by atoms with Crippen molar-refractivity contribution in [2.75, 3.05) is 7.11 Å². The molecule has 0 N–H and O–H groups in total. The normalized spacial score (nSPS) is 10.7. The van der Waals surface area contributed by atoms with Crippen molar-refractivity contribution in [3.05, 3.63) is 47.6 Å². The van der Waals surface area contributed by atoms with Crippen molar-refractivity contribution < 1.29 is 9.53 Å². The Bertz CT molecular complexity index is 701. The van der Waals surface area contributed by atoms with Gasteiger partial charge in [-0.05, 0) is 23.6 Å². The van der Waals surface area contributed by atoms with E-state index in [2.05, 4.69) is 4.98 Å². The number of rotatable bonds is 2. The fourth-order valence-corrected chi connectivity index (χ4v) is 2.55. The van der Waals surface area contributed by atoms with Crippen LogP contribution in [0.3, 0.4) is 0 Å². The highest BCUT2D eigenvalue weighted by molar-refractivity contribution is 7.13. The van der Waals surface area contributed by atoms with Crippen LogP contribution in [0.2, 0.25) is 0 Å². The van der Waals surface area contributed by atoms with Crippen molar-refractivity contribution >= 4 is 22.8 Å². The average molecular weight is 258 g/mol. The summed E-state index contributed by atoms with van der Waals surface area (Å²) in [6.45, 7) is 0. The first-order valence-corrected chi connectivity index (χ1v) is 6.27. The largest absolute Gasteiger partial charge is 0.465 e. The summed E-state index contributed by atoms with van der Waals surface area (Å²) in [5, 5.41) is 2.01. The van der Waals surface area contributed by atoms with Crippen LogP contribution in [0.4, 0.5) is 0 Å². The lowest BCUT2D eigenvalue weighted by atomic mass is 10.2. The molecule has 18 heavy (non-hydrogen) atoms. The van der Waals surface area contributed by atoms with Gasteiger partial charge in [0, 0.05) is 6.20 Å². The molecule has 0 unspecified atom stereocenters. The smallest absolute Gasteiger partial charge is 0.337 e. The van der Waals surface area contributed by atoms with Gasteiger partial charge in [0.05, 0.1) is 29.3 Å². The molecule has 0 spiro atoms. The summed E-state index contributed by atoms with van der Waals surface area (Å²) in [5.41, 5.74) is 1.41. The van der Waals surface area contributed by atoms with Gasteiger partial charge in [-0.3, -0.25) is 4.40 Å². The van der Waals surface area contributed by atoms with Gasteiger partial charge in [0.2, 0.25) is 0 Å². The number of imidazole rings is 1. The molecule has 0 amide bonds. The number of nitrogens with zero attached hydrogens (tertiary/aromatic N) is 2. The zero-order chi connectivity index (χ0) is 12.5. The molecule has 0 saturated carbocycles. The molecule has 3 heterocycles. The zero-order valence-corrected chi connectivity index (χ0v) is 10.5. The van der Waals surface area contributed by atoms with Gasteiger partial charge in [0.1, 0.15) is 0 Å². The number of hydrogen-bond donors (Lipinski definition) is 0. The van der Waals surface area contributed by atoms with E-state index in [-0.39, 0.29) is 5.97 Å². The molecule has 90 valence electrons.